The number of ether oxygens (including phenoxy) is 1. The van der Waals surface area contributed by atoms with Gasteiger partial charge in [-0.3, -0.25) is 0 Å². The molecule has 1 unspecified atom stereocenters. The molecule has 1 saturated heterocycles. The van der Waals surface area contributed by atoms with Crippen LogP contribution in [-0.4, -0.2) is 24.7 Å². The van der Waals surface area contributed by atoms with E-state index in [1.165, 1.54) is 5.56 Å². The van der Waals surface area contributed by atoms with E-state index in [0.717, 1.165) is 38.1 Å². The first kappa shape index (κ1) is 20.3. The Morgan fingerprint density at radius 2 is 1.89 bits per heavy atom. The Hall–Kier alpha value is -2.43. The van der Waals surface area contributed by atoms with Crippen molar-refractivity contribution in [2.24, 2.45) is 0 Å². The highest BCUT2D eigenvalue weighted by atomic mass is 19.4. The monoisotopic (exact) mass is 389 g/mol. The Kier molecular flexibility index (Phi) is 6.01. The van der Waals surface area contributed by atoms with Crippen LogP contribution in [0.25, 0.3) is 0 Å². The van der Waals surface area contributed by atoms with E-state index >= 15 is 0 Å². The number of benzene rings is 1. The van der Waals surface area contributed by atoms with Gasteiger partial charge in [-0.25, -0.2) is 4.98 Å². The van der Waals surface area contributed by atoms with Crippen LogP contribution in [0.4, 0.5) is 13.2 Å². The van der Waals surface area contributed by atoms with Crippen LogP contribution in [-0.2, 0) is 16.3 Å². The Labute approximate surface area is 162 Å². The summed E-state index contributed by atoms with van der Waals surface area (Å²) in [6, 6.07) is 13.5. The van der Waals surface area contributed by atoms with Gasteiger partial charge in [-0.15, -0.1) is 0 Å². The molecule has 148 valence electrons. The van der Waals surface area contributed by atoms with Gasteiger partial charge < -0.3 is 10.1 Å². The molecule has 2 heterocycles. The number of nitrogens with one attached hydrogen (secondary N) is 1. The summed E-state index contributed by atoms with van der Waals surface area (Å²) in [7, 11) is 0. The number of hydrogen-bond acceptors (Lipinski definition) is 4. The first-order chi connectivity index (χ1) is 13.3. The Morgan fingerprint density at radius 1 is 1.21 bits per heavy atom. The largest absolute Gasteiger partial charge is 0.416 e. The summed E-state index contributed by atoms with van der Waals surface area (Å²) >= 11 is 0. The summed E-state index contributed by atoms with van der Waals surface area (Å²) in [5.41, 5.74) is -0.0634. The van der Waals surface area contributed by atoms with E-state index in [2.05, 4.69) is 22.4 Å². The van der Waals surface area contributed by atoms with Crippen LogP contribution in [0, 0.1) is 11.3 Å². The molecule has 1 aromatic carbocycles. The molecule has 0 saturated carbocycles. The molecule has 4 nitrogen and oxygen atoms in total. The van der Waals surface area contributed by atoms with E-state index in [-0.39, 0.29) is 16.8 Å². The lowest BCUT2D eigenvalue weighted by molar-refractivity contribution is -0.137. The molecule has 2 aromatic rings. The predicted molar refractivity (Wildman–Crippen MR) is 98.5 cm³/mol. The van der Waals surface area contributed by atoms with Gasteiger partial charge >= 0.3 is 6.18 Å². The zero-order valence-electron chi connectivity index (χ0n) is 15.6. The van der Waals surface area contributed by atoms with E-state index in [0.29, 0.717) is 6.61 Å². The number of alkyl halides is 3. The van der Waals surface area contributed by atoms with Crippen molar-refractivity contribution >= 4 is 0 Å². The van der Waals surface area contributed by atoms with Gasteiger partial charge in [-0.1, -0.05) is 30.3 Å². The minimum absolute atomic E-state index is 0.114. The van der Waals surface area contributed by atoms with Crippen molar-refractivity contribution in [1.29, 1.82) is 5.26 Å². The molecule has 1 N–H and O–H groups in total. The Bertz CT molecular complexity index is 840. The minimum Gasteiger partial charge on any atom is -0.371 e. The average Bonchev–Trinajstić information content (AvgIpc) is 2.72. The van der Waals surface area contributed by atoms with Gasteiger partial charge in [0.1, 0.15) is 11.8 Å². The van der Waals surface area contributed by atoms with Gasteiger partial charge in [0, 0.05) is 5.41 Å². The van der Waals surface area contributed by atoms with E-state index in [1.54, 1.807) is 13.0 Å². The summed E-state index contributed by atoms with van der Waals surface area (Å²) in [5.74, 6) is 0. The zero-order valence-corrected chi connectivity index (χ0v) is 15.6. The molecule has 1 aliphatic rings. The van der Waals surface area contributed by atoms with Crippen molar-refractivity contribution in [2.75, 3.05) is 19.7 Å². The first-order valence-corrected chi connectivity index (χ1v) is 9.21. The number of aromatic nitrogens is 1. The predicted octanol–water partition coefficient (Wildman–Crippen LogP) is 4.37. The molecule has 1 aromatic heterocycles. The van der Waals surface area contributed by atoms with Crippen molar-refractivity contribution in [2.45, 2.75) is 37.5 Å². The quantitative estimate of drug-likeness (QED) is 0.825. The molecular weight excluding hydrogens is 367 g/mol. The molecule has 0 bridgehead atoms. The molecule has 0 aliphatic carbocycles. The van der Waals surface area contributed by atoms with E-state index in [9.17, 15) is 13.2 Å². The van der Waals surface area contributed by atoms with Gasteiger partial charge in [0.15, 0.2) is 0 Å². The highest BCUT2D eigenvalue weighted by molar-refractivity contribution is 5.31. The van der Waals surface area contributed by atoms with Gasteiger partial charge in [-0.05, 0) is 50.6 Å². The molecule has 0 amide bonds. The topological polar surface area (TPSA) is 57.9 Å². The second-order valence-corrected chi connectivity index (χ2v) is 7.13. The van der Waals surface area contributed by atoms with E-state index in [1.807, 2.05) is 18.2 Å². The van der Waals surface area contributed by atoms with E-state index in [4.69, 9.17) is 10.00 Å². The van der Waals surface area contributed by atoms with Gasteiger partial charge in [-0.2, -0.15) is 18.4 Å². The zero-order chi connectivity index (χ0) is 20.2. The number of pyridine rings is 1. The highest BCUT2D eigenvalue weighted by Gasteiger charge is 2.36. The van der Waals surface area contributed by atoms with E-state index < -0.39 is 17.8 Å². The molecule has 7 heteroatoms. The Balaban J connectivity index is 1.82. The van der Waals surface area contributed by atoms with Crippen LogP contribution in [0.2, 0.25) is 0 Å². The van der Waals surface area contributed by atoms with Gasteiger partial charge in [0.05, 0.1) is 24.0 Å². The smallest absolute Gasteiger partial charge is 0.371 e. The summed E-state index contributed by atoms with van der Waals surface area (Å²) in [6.45, 7) is 3.75. The normalized spacial score (nSPS) is 17.7. The minimum atomic E-state index is -4.54. The average molecular weight is 389 g/mol. The maximum Gasteiger partial charge on any atom is 0.416 e. The SMILES string of the molecule is CC(OCC1(c2ccccc2)CCNCC1)c1cc(C(F)(F)F)cc(C#N)n1. The second-order valence-electron chi connectivity index (χ2n) is 7.13. The third-order valence-electron chi connectivity index (χ3n) is 5.26. The summed E-state index contributed by atoms with van der Waals surface area (Å²) in [4.78, 5) is 4.03. The van der Waals surface area contributed by atoms with Crippen LogP contribution >= 0.6 is 0 Å². The van der Waals surface area contributed by atoms with Crippen molar-refractivity contribution in [3.63, 3.8) is 0 Å². The fourth-order valence-electron chi connectivity index (χ4n) is 3.56. The van der Waals surface area contributed by atoms with Crippen LogP contribution in [0.1, 0.15) is 48.4 Å². The summed E-state index contributed by atoms with van der Waals surface area (Å²) in [6.07, 6.45) is -3.44. The third-order valence-corrected chi connectivity index (χ3v) is 5.26. The second kappa shape index (κ2) is 8.29. The summed E-state index contributed by atoms with van der Waals surface area (Å²) in [5, 5.41) is 12.4. The molecule has 1 atom stereocenters. The standard InChI is InChI=1S/C21H22F3N3O/c1-15(19-12-17(21(22,23)24)11-18(13-25)27-19)28-14-20(7-9-26-10-8-20)16-5-3-2-4-6-16/h2-6,11-12,15,26H,7-10,14H2,1H3. The first-order valence-electron chi connectivity index (χ1n) is 9.21. The molecule has 0 spiro atoms. The number of piperidine rings is 1. The van der Waals surface area contributed by atoms with Gasteiger partial charge in [0.25, 0.3) is 0 Å². The summed E-state index contributed by atoms with van der Waals surface area (Å²) < 4.78 is 45.4. The van der Waals surface area contributed by atoms with Crippen molar-refractivity contribution in [3.8, 4) is 6.07 Å². The maximum absolute atomic E-state index is 13.1. The van der Waals surface area contributed by atoms with Crippen molar-refractivity contribution in [3.05, 3.63) is 65.0 Å². The van der Waals surface area contributed by atoms with Crippen LogP contribution in [0.3, 0.4) is 0 Å². The molecular formula is C21H22F3N3O. The number of nitrogens with zero attached hydrogens (tertiary/aromatic N) is 2. The lowest BCUT2D eigenvalue weighted by Crippen LogP contribution is -2.43. The Morgan fingerprint density at radius 3 is 2.50 bits per heavy atom. The van der Waals surface area contributed by atoms with Crippen LogP contribution < -0.4 is 5.32 Å². The number of nitriles is 1. The lowest BCUT2D eigenvalue weighted by atomic mass is 9.74. The molecule has 1 fully saturated rings. The number of hydrogen-bond donors (Lipinski definition) is 1. The third kappa shape index (κ3) is 4.51. The molecule has 0 radical (unpaired) electrons. The molecule has 28 heavy (non-hydrogen) atoms. The van der Waals surface area contributed by atoms with Crippen LogP contribution in [0.15, 0.2) is 42.5 Å². The molecule has 3 rings (SSSR count). The number of rotatable bonds is 5. The fraction of sp³-hybridized carbons (Fsp3) is 0.429. The van der Waals surface area contributed by atoms with Gasteiger partial charge in [0.2, 0.25) is 0 Å². The fourth-order valence-corrected chi connectivity index (χ4v) is 3.56. The van der Waals surface area contributed by atoms with Crippen LogP contribution in [0.5, 0.6) is 0 Å². The molecule has 1 aliphatic heterocycles. The number of halogens is 3. The lowest BCUT2D eigenvalue weighted by Gasteiger charge is -2.38. The highest BCUT2D eigenvalue weighted by Crippen LogP contribution is 2.36. The van der Waals surface area contributed by atoms with Crippen molar-refractivity contribution in [1.82, 2.24) is 10.3 Å². The maximum atomic E-state index is 13.1. The van der Waals surface area contributed by atoms with Crippen molar-refractivity contribution < 1.29 is 17.9 Å².